The van der Waals surface area contributed by atoms with E-state index in [1.165, 1.54) is 6.42 Å². The minimum absolute atomic E-state index is 0.143. The van der Waals surface area contributed by atoms with Gasteiger partial charge in [-0.05, 0) is 88.4 Å². The summed E-state index contributed by atoms with van der Waals surface area (Å²) in [6.07, 6.45) is 7.39. The summed E-state index contributed by atoms with van der Waals surface area (Å²) in [5.74, 6) is -0.577. The number of likely N-dealkylation sites (N-methyl/N-ethyl adjacent to an activating group) is 1. The van der Waals surface area contributed by atoms with E-state index in [0.717, 1.165) is 48.4 Å². The second-order valence-electron chi connectivity index (χ2n) is 13.1. The van der Waals surface area contributed by atoms with Crippen LogP contribution in [0.2, 0.25) is 19.6 Å². The number of aromatic amines is 1. The van der Waals surface area contributed by atoms with E-state index in [1.807, 2.05) is 31.2 Å². The Bertz CT molecular complexity index is 1140. The number of carbonyl (C=O) groups excluding carboxylic acids is 1. The highest BCUT2D eigenvalue weighted by Crippen LogP contribution is 2.55. The minimum Gasteiger partial charge on any atom is -0.478 e. The zero-order valence-electron chi connectivity index (χ0n) is 23.0. The van der Waals surface area contributed by atoms with Crippen molar-refractivity contribution in [2.45, 2.75) is 82.1 Å². The number of aromatic nitrogens is 1. The lowest BCUT2D eigenvalue weighted by molar-refractivity contribution is -0.214. The lowest BCUT2D eigenvalue weighted by Crippen LogP contribution is -2.63. The van der Waals surface area contributed by atoms with Crippen LogP contribution in [0.15, 0.2) is 30.5 Å². The molecule has 4 aliphatic carbocycles. The van der Waals surface area contributed by atoms with Crippen molar-refractivity contribution in [2.24, 2.45) is 23.7 Å². The molecule has 0 spiro atoms. The summed E-state index contributed by atoms with van der Waals surface area (Å²) in [6, 6.07) is 7.69. The summed E-state index contributed by atoms with van der Waals surface area (Å²) in [4.78, 5) is 32.4. The van der Waals surface area contributed by atoms with Crippen molar-refractivity contribution in [3.63, 3.8) is 0 Å². The van der Waals surface area contributed by atoms with Crippen LogP contribution in [0.4, 0.5) is 0 Å². The van der Waals surface area contributed by atoms with Gasteiger partial charge in [0.2, 0.25) is 5.72 Å². The van der Waals surface area contributed by atoms with E-state index in [4.69, 9.17) is 9.47 Å². The van der Waals surface area contributed by atoms with Gasteiger partial charge in [0.05, 0.1) is 8.07 Å². The maximum absolute atomic E-state index is 14.4. The molecule has 37 heavy (non-hydrogen) atoms. The van der Waals surface area contributed by atoms with E-state index in [2.05, 4.69) is 24.6 Å². The number of carboxylic acid groups (broad SMARTS) is 1. The third kappa shape index (κ3) is 4.55. The molecule has 2 N–H and O–H groups in total. The third-order valence-corrected chi connectivity index (χ3v) is 12.1. The van der Waals surface area contributed by atoms with Gasteiger partial charge in [0.15, 0.2) is 0 Å². The first kappa shape index (κ1) is 26.4. The molecule has 3 unspecified atom stereocenters. The van der Waals surface area contributed by atoms with Crippen molar-refractivity contribution in [1.29, 1.82) is 0 Å². The lowest BCUT2D eigenvalue weighted by Gasteiger charge is -2.54. The molecule has 1 heterocycles. The molecule has 4 aliphatic rings. The normalized spacial score (nSPS) is 30.3. The summed E-state index contributed by atoms with van der Waals surface area (Å²) in [6.45, 7) is 8.37. The van der Waals surface area contributed by atoms with Crippen LogP contribution in [0, 0.1) is 23.7 Å². The highest BCUT2D eigenvalue weighted by Gasteiger charge is 2.58. The average Bonchev–Trinajstić information content (AvgIpc) is 3.23. The van der Waals surface area contributed by atoms with Gasteiger partial charge in [0.25, 0.3) is 0 Å². The zero-order chi connectivity index (χ0) is 26.7. The number of rotatable bonds is 9. The molecule has 7 nitrogen and oxygen atoms in total. The Kier molecular flexibility index (Phi) is 6.82. The highest BCUT2D eigenvalue weighted by atomic mass is 28.3. The van der Waals surface area contributed by atoms with Gasteiger partial charge in [0.1, 0.15) is 12.0 Å². The van der Waals surface area contributed by atoms with Crippen LogP contribution in [0.5, 0.6) is 0 Å². The molecule has 1 aromatic carbocycles. The average molecular weight is 527 g/mol. The SMILES string of the molecule is CC(OC(C(=O)O)(C(C(=O)OC1C2CC3CC(C2)CC1C3)c1c[nH]c2ccccc12)N(C)C)[Si](C)(C)C. The van der Waals surface area contributed by atoms with Gasteiger partial charge in [-0.3, -0.25) is 9.69 Å². The monoisotopic (exact) mass is 526 g/mol. The first-order valence-electron chi connectivity index (χ1n) is 13.8. The Balaban J connectivity index is 1.59. The van der Waals surface area contributed by atoms with Gasteiger partial charge in [-0.25, -0.2) is 4.79 Å². The molecular formula is C29H42N2O5Si. The number of hydrogen-bond donors (Lipinski definition) is 2. The number of fused-ring (bicyclic) bond motifs is 1. The number of H-pyrrole nitrogens is 1. The van der Waals surface area contributed by atoms with Crippen LogP contribution in [0.25, 0.3) is 10.9 Å². The van der Waals surface area contributed by atoms with Crippen LogP contribution in [-0.2, 0) is 19.1 Å². The molecule has 202 valence electrons. The fourth-order valence-corrected chi connectivity index (χ4v) is 7.88. The van der Waals surface area contributed by atoms with Crippen molar-refractivity contribution in [2.75, 3.05) is 14.1 Å². The Morgan fingerprint density at radius 2 is 1.65 bits per heavy atom. The molecule has 0 aliphatic heterocycles. The van der Waals surface area contributed by atoms with Crippen LogP contribution in [-0.4, -0.2) is 66.7 Å². The topological polar surface area (TPSA) is 91.9 Å². The first-order valence-corrected chi connectivity index (χ1v) is 17.3. The molecule has 1 aromatic heterocycles. The number of para-hydroxylation sites is 1. The van der Waals surface area contributed by atoms with Crippen LogP contribution in [0.3, 0.4) is 0 Å². The van der Waals surface area contributed by atoms with Gasteiger partial charge in [0, 0.05) is 22.8 Å². The number of carbonyl (C=O) groups is 2. The number of aliphatic carboxylic acids is 1. The molecule has 3 atom stereocenters. The minimum atomic E-state index is -1.92. The number of nitrogens with one attached hydrogen (secondary N) is 1. The van der Waals surface area contributed by atoms with Gasteiger partial charge in [-0.15, -0.1) is 0 Å². The number of nitrogens with zero attached hydrogens (tertiary/aromatic N) is 1. The number of benzene rings is 1. The van der Waals surface area contributed by atoms with Gasteiger partial charge in [-0.1, -0.05) is 37.8 Å². The molecule has 6 rings (SSSR count). The molecule has 0 radical (unpaired) electrons. The number of carboxylic acids is 1. The lowest BCUT2D eigenvalue weighted by atomic mass is 9.55. The maximum atomic E-state index is 14.4. The molecule has 4 bridgehead atoms. The zero-order valence-corrected chi connectivity index (χ0v) is 24.0. The van der Waals surface area contributed by atoms with E-state index < -0.39 is 31.7 Å². The summed E-state index contributed by atoms with van der Waals surface area (Å²) in [5, 5.41) is 11.6. The van der Waals surface area contributed by atoms with Crippen LogP contribution >= 0.6 is 0 Å². The number of esters is 1. The molecular weight excluding hydrogens is 484 g/mol. The van der Waals surface area contributed by atoms with Gasteiger partial charge >= 0.3 is 11.9 Å². The second-order valence-corrected chi connectivity index (χ2v) is 18.6. The maximum Gasteiger partial charge on any atom is 0.352 e. The van der Waals surface area contributed by atoms with Crippen molar-refractivity contribution in [3.8, 4) is 0 Å². The second kappa shape index (κ2) is 9.54. The summed E-state index contributed by atoms with van der Waals surface area (Å²) in [5.41, 5.74) is -0.787. The van der Waals surface area contributed by atoms with E-state index in [-0.39, 0.29) is 11.8 Å². The molecule has 4 saturated carbocycles. The molecule has 2 aromatic rings. The predicted molar refractivity (Wildman–Crippen MR) is 146 cm³/mol. The molecule has 8 heteroatoms. The Morgan fingerprint density at radius 1 is 1.05 bits per heavy atom. The van der Waals surface area contributed by atoms with Gasteiger partial charge in [-0.2, -0.15) is 0 Å². The van der Waals surface area contributed by atoms with Crippen LogP contribution in [0.1, 0.15) is 50.5 Å². The molecule has 0 amide bonds. The summed E-state index contributed by atoms with van der Waals surface area (Å²) < 4.78 is 13.0. The number of ether oxygens (including phenoxy) is 2. The Labute approximate surface area is 220 Å². The highest BCUT2D eigenvalue weighted by molar-refractivity contribution is 6.77. The van der Waals surface area contributed by atoms with E-state index >= 15 is 0 Å². The van der Waals surface area contributed by atoms with E-state index in [9.17, 15) is 14.7 Å². The standard InChI is InChI=1S/C29H42N2O5Si/c1-17(37(4,5)6)36-29(28(33)34,31(2)3)25(23-16-30-24-10-8-7-9-22(23)24)27(32)35-26-20-12-18-11-19(14-20)15-21(26)13-18/h7-10,16-21,25-26,30H,11-15H2,1-6H3,(H,33,34). The summed E-state index contributed by atoms with van der Waals surface area (Å²) >= 11 is 0. The Morgan fingerprint density at radius 3 is 2.19 bits per heavy atom. The van der Waals surface area contributed by atoms with Crippen molar-refractivity contribution >= 4 is 30.9 Å². The molecule has 0 saturated heterocycles. The largest absolute Gasteiger partial charge is 0.478 e. The predicted octanol–water partition coefficient (Wildman–Crippen LogP) is 5.24. The summed E-state index contributed by atoms with van der Waals surface area (Å²) in [7, 11) is 1.45. The fourth-order valence-electron chi connectivity index (χ4n) is 7.34. The van der Waals surface area contributed by atoms with Gasteiger partial charge < -0.3 is 19.6 Å². The van der Waals surface area contributed by atoms with Crippen molar-refractivity contribution in [3.05, 3.63) is 36.0 Å². The third-order valence-electron chi connectivity index (χ3n) is 9.50. The number of hydrogen-bond acceptors (Lipinski definition) is 5. The fraction of sp³-hybridized carbons (Fsp3) is 0.655. The quantitative estimate of drug-likeness (QED) is 0.264. The smallest absolute Gasteiger partial charge is 0.352 e. The van der Waals surface area contributed by atoms with Crippen molar-refractivity contribution in [1.82, 2.24) is 9.88 Å². The Hall–Kier alpha value is -2.16. The first-order chi connectivity index (χ1) is 17.4. The van der Waals surface area contributed by atoms with E-state index in [1.54, 1.807) is 25.2 Å². The molecule has 4 fully saturated rings. The van der Waals surface area contributed by atoms with Crippen molar-refractivity contribution < 1.29 is 24.2 Å². The van der Waals surface area contributed by atoms with Crippen LogP contribution < -0.4 is 0 Å². The van der Waals surface area contributed by atoms with E-state index in [0.29, 0.717) is 17.4 Å².